The Kier molecular flexibility index (Phi) is 4.46. The van der Waals surface area contributed by atoms with Gasteiger partial charge in [0.15, 0.2) is 5.82 Å². The molecule has 8 heteroatoms. The molecule has 0 bridgehead atoms. The Bertz CT molecular complexity index is 926. The molecule has 0 unspecified atom stereocenters. The summed E-state index contributed by atoms with van der Waals surface area (Å²) >= 11 is 1.46. The van der Waals surface area contributed by atoms with E-state index in [2.05, 4.69) is 37.0 Å². The molecule has 1 saturated carbocycles. The lowest BCUT2D eigenvalue weighted by Crippen LogP contribution is -2.12. The van der Waals surface area contributed by atoms with Gasteiger partial charge in [-0.3, -0.25) is 0 Å². The number of anilines is 2. The van der Waals surface area contributed by atoms with Gasteiger partial charge in [0.2, 0.25) is 11.9 Å². The summed E-state index contributed by atoms with van der Waals surface area (Å²) in [5.41, 5.74) is 2.42. The molecule has 2 aromatic rings. The molecule has 3 N–H and O–H groups in total. The van der Waals surface area contributed by atoms with Gasteiger partial charge in [-0.2, -0.15) is 20.2 Å². The monoisotopic (exact) mass is 363 g/mol. The molecule has 0 amide bonds. The van der Waals surface area contributed by atoms with Crippen molar-refractivity contribution in [2.75, 3.05) is 17.7 Å². The first-order valence-corrected chi connectivity index (χ1v) is 9.19. The van der Waals surface area contributed by atoms with Crippen LogP contribution in [0.4, 0.5) is 11.9 Å². The van der Waals surface area contributed by atoms with Crippen LogP contribution in [0.2, 0.25) is 0 Å². The third-order valence-corrected chi connectivity index (χ3v) is 4.86. The largest absolute Gasteiger partial charge is 0.357 e. The van der Waals surface area contributed by atoms with Crippen molar-refractivity contribution in [2.45, 2.75) is 18.9 Å². The van der Waals surface area contributed by atoms with Gasteiger partial charge in [0, 0.05) is 18.5 Å². The van der Waals surface area contributed by atoms with Crippen molar-refractivity contribution < 1.29 is 0 Å². The lowest BCUT2D eigenvalue weighted by Gasteiger charge is -2.10. The minimum absolute atomic E-state index is 0.354. The minimum atomic E-state index is 0.354. The fourth-order valence-corrected chi connectivity index (χ4v) is 3.31. The molecule has 1 aliphatic heterocycles. The van der Waals surface area contributed by atoms with Gasteiger partial charge in [-0.1, -0.05) is 42.1 Å². The number of aromatic nitrogens is 3. The molecule has 1 aromatic heterocycles. The highest BCUT2D eigenvalue weighted by molar-refractivity contribution is 8.06. The third-order valence-electron chi connectivity index (χ3n) is 3.96. The summed E-state index contributed by atoms with van der Waals surface area (Å²) in [6.07, 6.45) is 2.23. The van der Waals surface area contributed by atoms with E-state index >= 15 is 0 Å². The van der Waals surface area contributed by atoms with E-state index in [1.54, 1.807) is 7.05 Å². The van der Waals surface area contributed by atoms with Crippen LogP contribution in [-0.2, 0) is 0 Å². The summed E-state index contributed by atoms with van der Waals surface area (Å²) < 4.78 is 0. The third kappa shape index (κ3) is 3.48. The second-order valence-corrected chi connectivity index (χ2v) is 6.81. The predicted octanol–water partition coefficient (Wildman–Crippen LogP) is 3.01. The Morgan fingerprint density at radius 3 is 2.65 bits per heavy atom. The van der Waals surface area contributed by atoms with E-state index < -0.39 is 0 Å². The lowest BCUT2D eigenvalue weighted by molar-refractivity contribution is 0.982. The van der Waals surface area contributed by atoms with Crippen LogP contribution in [-0.4, -0.2) is 28.0 Å². The van der Waals surface area contributed by atoms with Crippen LogP contribution in [0.25, 0.3) is 11.3 Å². The zero-order valence-electron chi connectivity index (χ0n) is 14.2. The van der Waals surface area contributed by atoms with Gasteiger partial charge in [0.05, 0.1) is 10.7 Å². The van der Waals surface area contributed by atoms with Gasteiger partial charge in [0.25, 0.3) is 0 Å². The minimum Gasteiger partial charge on any atom is -0.357 e. The molecular formula is C18H17N7S. The Morgan fingerprint density at radius 2 is 1.96 bits per heavy atom. The highest BCUT2D eigenvalue weighted by atomic mass is 32.2. The first-order chi connectivity index (χ1) is 12.8. The summed E-state index contributed by atoms with van der Waals surface area (Å²) in [4.78, 5) is 13.1. The Labute approximate surface area is 155 Å². The van der Waals surface area contributed by atoms with Crippen molar-refractivity contribution in [3.63, 3.8) is 0 Å². The summed E-state index contributed by atoms with van der Waals surface area (Å²) in [5, 5.41) is 21.9. The lowest BCUT2D eigenvalue weighted by atomic mass is 10.2. The van der Waals surface area contributed by atoms with Crippen LogP contribution < -0.4 is 16.0 Å². The Morgan fingerprint density at radius 1 is 1.19 bits per heavy atom. The first kappa shape index (κ1) is 16.4. The number of hydrogen-bond acceptors (Lipinski definition) is 8. The Balaban J connectivity index is 1.65. The normalized spacial score (nSPS) is 17.8. The summed E-state index contributed by atoms with van der Waals surface area (Å²) in [7, 11) is 1.75. The van der Waals surface area contributed by atoms with Crippen molar-refractivity contribution >= 4 is 34.9 Å². The van der Waals surface area contributed by atoms with Gasteiger partial charge in [-0.15, -0.1) is 0 Å². The van der Waals surface area contributed by atoms with Crippen molar-refractivity contribution in [1.29, 1.82) is 5.26 Å². The van der Waals surface area contributed by atoms with Crippen LogP contribution in [0.3, 0.4) is 0 Å². The highest BCUT2D eigenvalue weighted by Crippen LogP contribution is 2.34. The molecule has 0 atom stereocenters. The number of allylic oxidation sites excluding steroid dienone is 1. The quantitative estimate of drug-likeness (QED) is 0.697. The number of nitrogens with zero attached hydrogens (tertiary/aromatic N) is 4. The number of nitrogens with one attached hydrogen (secondary N) is 3. The smallest absolute Gasteiger partial charge is 0.228 e. The summed E-state index contributed by atoms with van der Waals surface area (Å²) in [6.45, 7) is 0. The van der Waals surface area contributed by atoms with E-state index in [-0.39, 0.29) is 0 Å². The Hall–Kier alpha value is -3.05. The molecular weight excluding hydrogens is 346 g/mol. The van der Waals surface area contributed by atoms with E-state index in [0.717, 1.165) is 29.1 Å². The molecule has 0 saturated heterocycles. The second kappa shape index (κ2) is 7.06. The molecule has 1 aliphatic carbocycles. The first-order valence-electron chi connectivity index (χ1n) is 8.31. The number of nitriles is 1. The van der Waals surface area contributed by atoms with Crippen LogP contribution in [0.1, 0.15) is 24.2 Å². The van der Waals surface area contributed by atoms with Gasteiger partial charge in [-0.25, -0.2) is 0 Å². The maximum atomic E-state index is 9.72. The van der Waals surface area contributed by atoms with Crippen LogP contribution in [0.5, 0.6) is 0 Å². The van der Waals surface area contributed by atoms with E-state index in [1.807, 2.05) is 35.7 Å². The number of benzene rings is 1. The molecule has 1 aromatic carbocycles. The molecule has 2 aliphatic rings. The zero-order chi connectivity index (χ0) is 17.9. The van der Waals surface area contributed by atoms with E-state index in [1.165, 1.54) is 11.8 Å². The van der Waals surface area contributed by atoms with E-state index in [0.29, 0.717) is 29.3 Å². The molecule has 26 heavy (non-hydrogen) atoms. The summed E-state index contributed by atoms with van der Waals surface area (Å²) in [5.74, 6) is 1.29. The number of thioether (sulfide) groups is 1. The second-order valence-electron chi connectivity index (χ2n) is 5.93. The molecule has 4 rings (SSSR count). The SMILES string of the molecule is CNc1nc(NC2CC2)nc(C(C#N)=C2NC(c3ccccc3)=CS2)n1. The highest BCUT2D eigenvalue weighted by Gasteiger charge is 2.24. The van der Waals surface area contributed by atoms with Crippen molar-refractivity contribution in [3.05, 3.63) is 52.2 Å². The van der Waals surface area contributed by atoms with Gasteiger partial charge >= 0.3 is 0 Å². The molecule has 2 heterocycles. The van der Waals surface area contributed by atoms with Crippen LogP contribution in [0, 0.1) is 11.3 Å². The fourth-order valence-electron chi connectivity index (χ4n) is 2.46. The fraction of sp³-hybridized carbons (Fsp3) is 0.222. The molecule has 1 fully saturated rings. The number of hydrogen-bond donors (Lipinski definition) is 3. The van der Waals surface area contributed by atoms with Crippen LogP contribution >= 0.6 is 11.8 Å². The zero-order valence-corrected chi connectivity index (χ0v) is 15.0. The van der Waals surface area contributed by atoms with Gasteiger partial charge < -0.3 is 16.0 Å². The van der Waals surface area contributed by atoms with Crippen molar-refractivity contribution in [2.24, 2.45) is 0 Å². The average molecular weight is 363 g/mol. The maximum Gasteiger partial charge on any atom is 0.228 e. The van der Waals surface area contributed by atoms with Gasteiger partial charge in [-0.05, 0) is 18.4 Å². The standard InChI is InChI=1S/C18H17N7S/c1-20-17-23-15(24-18(25-17)21-12-7-8-12)13(9-19)16-22-14(10-26-16)11-5-3-2-4-6-11/h2-6,10,12,22H,7-8H2,1H3,(H2,20,21,23,24,25). The number of rotatable bonds is 5. The molecule has 130 valence electrons. The van der Waals surface area contributed by atoms with Crippen molar-refractivity contribution in [3.8, 4) is 6.07 Å². The predicted molar refractivity (Wildman–Crippen MR) is 104 cm³/mol. The van der Waals surface area contributed by atoms with Crippen LogP contribution in [0.15, 0.2) is 40.8 Å². The van der Waals surface area contributed by atoms with E-state index in [4.69, 9.17) is 0 Å². The van der Waals surface area contributed by atoms with Crippen molar-refractivity contribution in [1.82, 2.24) is 20.3 Å². The topological polar surface area (TPSA) is 98.5 Å². The molecule has 0 radical (unpaired) electrons. The average Bonchev–Trinajstić information content (AvgIpc) is 3.36. The molecule has 7 nitrogen and oxygen atoms in total. The maximum absolute atomic E-state index is 9.72. The van der Waals surface area contributed by atoms with Gasteiger partial charge in [0.1, 0.15) is 11.6 Å². The summed E-state index contributed by atoms with van der Waals surface area (Å²) in [6, 6.07) is 12.6. The molecule has 0 spiro atoms. The van der Waals surface area contributed by atoms with E-state index in [9.17, 15) is 5.26 Å².